The molecule has 1 aromatic carbocycles. The first-order valence-electron chi connectivity index (χ1n) is 8.34. The number of benzene rings is 1. The van der Waals surface area contributed by atoms with Gasteiger partial charge in [0.15, 0.2) is 0 Å². The van der Waals surface area contributed by atoms with Crippen molar-refractivity contribution in [3.63, 3.8) is 0 Å². The number of hydrogen-bond acceptors (Lipinski definition) is 5. The molecule has 0 aliphatic rings. The third kappa shape index (κ3) is 7.77. The van der Waals surface area contributed by atoms with Crippen LogP contribution in [-0.2, 0) is 20.9 Å². The topological polar surface area (TPSA) is 105 Å². The highest BCUT2D eigenvalue weighted by atomic mass is 32.2. The Bertz CT molecular complexity index is 595. The average molecular weight is 382 g/mol. The molecular weight excluding hydrogens is 356 g/mol. The smallest absolute Gasteiger partial charge is 0.408 e. The molecule has 0 heterocycles. The quantitative estimate of drug-likeness (QED) is 0.573. The standard InChI is InChI=1S/C18H26N2O5S/c1-12(2)15(16(21)19-14(17(22)23)9-10-26-3)20-18(24)25-11-13-7-5-4-6-8-13/h4-8,12,14-15H,9-11H2,1-3H3,(H,19,21)(H,20,24)(H,22,23)/t14-,15+/m0/s1. The highest BCUT2D eigenvalue weighted by Crippen LogP contribution is 2.07. The lowest BCUT2D eigenvalue weighted by atomic mass is 10.0. The molecule has 7 nitrogen and oxygen atoms in total. The first-order valence-corrected chi connectivity index (χ1v) is 9.73. The van der Waals surface area contributed by atoms with Crippen molar-refractivity contribution in [3.05, 3.63) is 35.9 Å². The summed E-state index contributed by atoms with van der Waals surface area (Å²) in [4.78, 5) is 35.7. The fourth-order valence-corrected chi connectivity index (χ4v) is 2.65. The lowest BCUT2D eigenvalue weighted by Gasteiger charge is -2.23. The van der Waals surface area contributed by atoms with Crippen molar-refractivity contribution in [2.75, 3.05) is 12.0 Å². The number of nitrogens with one attached hydrogen (secondary N) is 2. The number of hydrogen-bond donors (Lipinski definition) is 3. The summed E-state index contributed by atoms with van der Waals surface area (Å²) in [6, 6.07) is 7.31. The van der Waals surface area contributed by atoms with Crippen LogP contribution in [0.15, 0.2) is 30.3 Å². The molecule has 2 amide bonds. The van der Waals surface area contributed by atoms with Crippen LogP contribution < -0.4 is 10.6 Å². The summed E-state index contributed by atoms with van der Waals surface area (Å²) in [5, 5.41) is 14.2. The molecule has 3 N–H and O–H groups in total. The van der Waals surface area contributed by atoms with E-state index in [4.69, 9.17) is 4.74 Å². The van der Waals surface area contributed by atoms with Gasteiger partial charge in [-0.15, -0.1) is 0 Å². The van der Waals surface area contributed by atoms with E-state index in [1.54, 1.807) is 13.8 Å². The molecule has 0 saturated carbocycles. The third-order valence-electron chi connectivity index (χ3n) is 3.66. The molecule has 0 spiro atoms. The number of carbonyl (C=O) groups excluding carboxylic acids is 2. The molecule has 0 aliphatic carbocycles. The largest absolute Gasteiger partial charge is 0.480 e. The van der Waals surface area contributed by atoms with Gasteiger partial charge < -0.3 is 20.5 Å². The lowest BCUT2D eigenvalue weighted by Crippen LogP contribution is -2.53. The van der Waals surface area contributed by atoms with E-state index in [1.165, 1.54) is 11.8 Å². The number of thioether (sulfide) groups is 1. The van der Waals surface area contributed by atoms with Crippen molar-refractivity contribution in [2.24, 2.45) is 5.92 Å². The van der Waals surface area contributed by atoms with E-state index in [1.807, 2.05) is 36.6 Å². The minimum Gasteiger partial charge on any atom is -0.480 e. The van der Waals surface area contributed by atoms with E-state index in [2.05, 4.69) is 10.6 Å². The molecule has 2 atom stereocenters. The van der Waals surface area contributed by atoms with E-state index in [0.29, 0.717) is 12.2 Å². The van der Waals surface area contributed by atoms with Crippen LogP contribution in [0, 0.1) is 5.92 Å². The van der Waals surface area contributed by atoms with Gasteiger partial charge in [-0.25, -0.2) is 9.59 Å². The van der Waals surface area contributed by atoms with Gasteiger partial charge in [0.1, 0.15) is 18.7 Å². The highest BCUT2D eigenvalue weighted by molar-refractivity contribution is 7.98. The normalized spacial score (nSPS) is 12.9. The van der Waals surface area contributed by atoms with Crippen molar-refractivity contribution in [1.82, 2.24) is 10.6 Å². The molecule has 0 aromatic heterocycles. The second kappa shape index (κ2) is 11.4. The molecule has 1 aromatic rings. The highest BCUT2D eigenvalue weighted by Gasteiger charge is 2.28. The zero-order chi connectivity index (χ0) is 19.5. The molecular formula is C18H26N2O5S. The Balaban J connectivity index is 2.61. The van der Waals surface area contributed by atoms with Crippen LogP contribution in [0.3, 0.4) is 0 Å². The first-order chi connectivity index (χ1) is 12.3. The van der Waals surface area contributed by atoms with Gasteiger partial charge in [-0.2, -0.15) is 11.8 Å². The average Bonchev–Trinajstić information content (AvgIpc) is 2.61. The Morgan fingerprint density at radius 2 is 1.81 bits per heavy atom. The molecule has 1 rings (SSSR count). The maximum atomic E-state index is 12.4. The molecule has 0 aliphatic heterocycles. The van der Waals surface area contributed by atoms with Gasteiger partial charge in [0.2, 0.25) is 5.91 Å². The summed E-state index contributed by atoms with van der Waals surface area (Å²) < 4.78 is 5.13. The Morgan fingerprint density at radius 1 is 1.15 bits per heavy atom. The molecule has 0 bridgehead atoms. The maximum Gasteiger partial charge on any atom is 0.408 e. The number of alkyl carbamates (subject to hydrolysis) is 1. The van der Waals surface area contributed by atoms with Crippen LogP contribution in [0.1, 0.15) is 25.8 Å². The van der Waals surface area contributed by atoms with Gasteiger partial charge in [-0.3, -0.25) is 4.79 Å². The van der Waals surface area contributed by atoms with Crippen LogP contribution in [0.25, 0.3) is 0 Å². The van der Waals surface area contributed by atoms with Crippen LogP contribution >= 0.6 is 11.8 Å². The van der Waals surface area contributed by atoms with E-state index >= 15 is 0 Å². The van der Waals surface area contributed by atoms with Gasteiger partial charge in [-0.05, 0) is 29.9 Å². The van der Waals surface area contributed by atoms with E-state index in [9.17, 15) is 19.5 Å². The van der Waals surface area contributed by atoms with Crippen LogP contribution in [0.4, 0.5) is 4.79 Å². The van der Waals surface area contributed by atoms with Crippen LogP contribution in [-0.4, -0.2) is 47.2 Å². The zero-order valence-corrected chi connectivity index (χ0v) is 16.0. The van der Waals surface area contributed by atoms with Gasteiger partial charge in [-0.1, -0.05) is 44.2 Å². The molecule has 0 unspecified atom stereocenters. The minimum atomic E-state index is -1.10. The van der Waals surface area contributed by atoms with Gasteiger partial charge in [0.25, 0.3) is 0 Å². The van der Waals surface area contributed by atoms with E-state index < -0.39 is 30.1 Å². The number of carboxylic acid groups (broad SMARTS) is 1. The molecule has 0 saturated heterocycles. The first kappa shape index (κ1) is 21.8. The second-order valence-corrected chi connectivity index (χ2v) is 7.09. The van der Waals surface area contributed by atoms with Crippen molar-refractivity contribution in [2.45, 2.75) is 39.0 Å². The monoisotopic (exact) mass is 382 g/mol. The Kier molecular flexibility index (Phi) is 9.57. The van der Waals surface area contributed by atoms with Crippen LogP contribution in [0.2, 0.25) is 0 Å². The molecule has 0 radical (unpaired) electrons. The molecule has 8 heteroatoms. The minimum absolute atomic E-state index is 0.0879. The number of rotatable bonds is 10. The van der Waals surface area contributed by atoms with Crippen molar-refractivity contribution >= 4 is 29.7 Å². The fraction of sp³-hybridized carbons (Fsp3) is 0.500. The SMILES string of the molecule is CSCC[C@H](NC(=O)[C@H](NC(=O)OCc1ccccc1)C(C)C)C(=O)O. The van der Waals surface area contributed by atoms with Crippen molar-refractivity contribution in [3.8, 4) is 0 Å². The second-order valence-electron chi connectivity index (χ2n) is 6.11. The lowest BCUT2D eigenvalue weighted by molar-refractivity contribution is -0.142. The Labute approximate surface area is 157 Å². The number of carboxylic acids is 1. The van der Waals surface area contributed by atoms with Gasteiger partial charge in [0.05, 0.1) is 0 Å². The number of amides is 2. The molecule has 0 fully saturated rings. The number of ether oxygens (including phenoxy) is 1. The van der Waals surface area contributed by atoms with E-state index in [-0.39, 0.29) is 12.5 Å². The number of aliphatic carboxylic acids is 1. The maximum absolute atomic E-state index is 12.4. The summed E-state index contributed by atoms with van der Waals surface area (Å²) in [5.74, 6) is -1.25. The van der Waals surface area contributed by atoms with Crippen LogP contribution in [0.5, 0.6) is 0 Å². The van der Waals surface area contributed by atoms with E-state index in [0.717, 1.165) is 5.56 Å². The predicted octanol–water partition coefficient (Wildman–Crippen LogP) is 2.26. The van der Waals surface area contributed by atoms with Crippen molar-refractivity contribution < 1.29 is 24.2 Å². The number of carbonyl (C=O) groups is 3. The Hall–Kier alpha value is -2.22. The summed E-state index contributed by atoms with van der Waals surface area (Å²) >= 11 is 1.50. The Morgan fingerprint density at radius 3 is 2.35 bits per heavy atom. The summed E-state index contributed by atoms with van der Waals surface area (Å²) in [6.45, 7) is 3.61. The summed E-state index contributed by atoms with van der Waals surface area (Å²) in [5.41, 5.74) is 0.830. The molecule has 144 valence electrons. The summed E-state index contributed by atoms with van der Waals surface area (Å²) in [7, 11) is 0. The molecule has 26 heavy (non-hydrogen) atoms. The zero-order valence-electron chi connectivity index (χ0n) is 15.2. The van der Waals surface area contributed by atoms with Gasteiger partial charge in [0, 0.05) is 0 Å². The van der Waals surface area contributed by atoms with Gasteiger partial charge >= 0.3 is 12.1 Å². The fourth-order valence-electron chi connectivity index (χ4n) is 2.18. The summed E-state index contributed by atoms with van der Waals surface area (Å²) in [6.07, 6.45) is 1.45. The van der Waals surface area contributed by atoms with Crippen molar-refractivity contribution in [1.29, 1.82) is 0 Å². The predicted molar refractivity (Wildman–Crippen MR) is 101 cm³/mol. The third-order valence-corrected chi connectivity index (χ3v) is 4.30.